The van der Waals surface area contributed by atoms with Gasteiger partial charge in [-0.25, -0.2) is 4.39 Å². The van der Waals surface area contributed by atoms with E-state index in [1.165, 1.54) is 12.3 Å². The maximum absolute atomic E-state index is 12.9. The van der Waals surface area contributed by atoms with E-state index in [1.807, 2.05) is 31.2 Å². The van der Waals surface area contributed by atoms with Crippen LogP contribution in [0.4, 0.5) is 10.1 Å². The van der Waals surface area contributed by atoms with E-state index in [0.29, 0.717) is 5.75 Å². The molecule has 0 aliphatic heterocycles. The minimum atomic E-state index is -0.334. The van der Waals surface area contributed by atoms with E-state index < -0.39 is 0 Å². The van der Waals surface area contributed by atoms with Crippen molar-refractivity contribution >= 4 is 5.69 Å². The van der Waals surface area contributed by atoms with Crippen molar-refractivity contribution in [3.63, 3.8) is 0 Å². The predicted molar refractivity (Wildman–Crippen MR) is 79.9 cm³/mol. The van der Waals surface area contributed by atoms with Gasteiger partial charge in [-0.2, -0.15) is 0 Å². The van der Waals surface area contributed by atoms with Gasteiger partial charge in [0.2, 0.25) is 0 Å². The Hall–Kier alpha value is -2.14. The van der Waals surface area contributed by atoms with Crippen molar-refractivity contribution in [2.45, 2.75) is 19.4 Å². The van der Waals surface area contributed by atoms with Crippen molar-refractivity contribution < 1.29 is 14.2 Å². The van der Waals surface area contributed by atoms with E-state index in [-0.39, 0.29) is 25.1 Å². The number of ether oxygens (including phenoxy) is 1. The van der Waals surface area contributed by atoms with Crippen molar-refractivity contribution in [3.05, 3.63) is 54.1 Å². The van der Waals surface area contributed by atoms with Crippen LogP contribution in [-0.4, -0.2) is 23.3 Å². The summed E-state index contributed by atoms with van der Waals surface area (Å²) < 4.78 is 18.2. The van der Waals surface area contributed by atoms with Crippen LogP contribution in [0.1, 0.15) is 25.1 Å². The number of rotatable bonds is 7. The van der Waals surface area contributed by atoms with Crippen molar-refractivity contribution in [2.24, 2.45) is 0 Å². The third-order valence-corrected chi connectivity index (χ3v) is 3.07. The molecule has 1 aromatic heterocycles. The summed E-state index contributed by atoms with van der Waals surface area (Å²) in [7, 11) is 0. The largest absolute Gasteiger partial charge is 0.491 e. The molecule has 0 aliphatic rings. The molecule has 0 saturated heterocycles. The van der Waals surface area contributed by atoms with E-state index in [9.17, 15) is 4.39 Å². The first kappa shape index (κ1) is 15.3. The van der Waals surface area contributed by atoms with Crippen LogP contribution in [0.15, 0.2) is 42.6 Å². The number of aliphatic hydroxyl groups is 1. The van der Waals surface area contributed by atoms with Crippen LogP contribution in [-0.2, 0) is 0 Å². The average molecular weight is 290 g/mol. The number of pyridine rings is 1. The highest BCUT2D eigenvalue weighted by Gasteiger charge is 2.10. The third-order valence-electron chi connectivity index (χ3n) is 3.07. The highest BCUT2D eigenvalue weighted by Crippen LogP contribution is 2.23. The van der Waals surface area contributed by atoms with Crippen molar-refractivity contribution in [1.82, 2.24) is 4.98 Å². The predicted octanol–water partition coefficient (Wildman–Crippen LogP) is 3.16. The summed E-state index contributed by atoms with van der Waals surface area (Å²) in [5.74, 6) is 0.376. The fourth-order valence-corrected chi connectivity index (χ4v) is 1.99. The monoisotopic (exact) mass is 290 g/mol. The molecule has 1 atom stereocenters. The van der Waals surface area contributed by atoms with Crippen molar-refractivity contribution in [2.75, 3.05) is 18.5 Å². The molecule has 0 spiro atoms. The van der Waals surface area contributed by atoms with Gasteiger partial charge in [0, 0.05) is 5.69 Å². The number of aliphatic hydroxyl groups excluding tert-OH is 1. The lowest BCUT2D eigenvalue weighted by atomic mass is 10.1. The Balaban J connectivity index is 2.02. The lowest BCUT2D eigenvalue weighted by Gasteiger charge is -2.18. The Morgan fingerprint density at radius 3 is 2.57 bits per heavy atom. The fraction of sp³-hybridized carbons (Fsp3) is 0.312. The summed E-state index contributed by atoms with van der Waals surface area (Å²) in [6.07, 6.45) is 2.06. The first-order valence-electron chi connectivity index (χ1n) is 6.94. The first-order chi connectivity index (χ1) is 10.2. The molecule has 0 bridgehead atoms. The first-order valence-corrected chi connectivity index (χ1v) is 6.94. The van der Waals surface area contributed by atoms with Gasteiger partial charge in [0.05, 0.1) is 24.5 Å². The van der Waals surface area contributed by atoms with E-state index in [4.69, 9.17) is 9.84 Å². The number of halogens is 1. The molecule has 1 unspecified atom stereocenters. The molecular weight excluding hydrogens is 271 g/mol. The number of aromatic nitrogens is 1. The summed E-state index contributed by atoms with van der Waals surface area (Å²) in [6, 6.07) is 10.6. The van der Waals surface area contributed by atoms with Gasteiger partial charge >= 0.3 is 0 Å². The molecule has 0 amide bonds. The SMILES string of the molecule is CCC(Nc1ccc(OCCO)cc1)c1ccc(F)cn1. The number of hydrogen-bond acceptors (Lipinski definition) is 4. The van der Waals surface area contributed by atoms with E-state index in [2.05, 4.69) is 10.3 Å². The second-order valence-corrected chi connectivity index (χ2v) is 4.60. The maximum Gasteiger partial charge on any atom is 0.141 e. The van der Waals surface area contributed by atoms with E-state index in [1.54, 1.807) is 6.07 Å². The summed E-state index contributed by atoms with van der Waals surface area (Å²) in [6.45, 7) is 2.32. The summed E-state index contributed by atoms with van der Waals surface area (Å²) in [5, 5.41) is 12.1. The summed E-state index contributed by atoms with van der Waals surface area (Å²) >= 11 is 0. The lowest BCUT2D eigenvalue weighted by molar-refractivity contribution is 0.201. The molecule has 0 fully saturated rings. The number of anilines is 1. The highest BCUT2D eigenvalue weighted by molar-refractivity contribution is 5.47. The Morgan fingerprint density at radius 1 is 1.24 bits per heavy atom. The number of hydrogen-bond donors (Lipinski definition) is 2. The minimum absolute atomic E-state index is 0.00581. The molecule has 0 aliphatic carbocycles. The molecule has 2 rings (SSSR count). The van der Waals surface area contributed by atoms with Crippen molar-refractivity contribution in [3.8, 4) is 5.75 Å². The topological polar surface area (TPSA) is 54.4 Å². The Labute approximate surface area is 123 Å². The van der Waals surface area contributed by atoms with Crippen LogP contribution in [0.25, 0.3) is 0 Å². The lowest BCUT2D eigenvalue weighted by Crippen LogP contribution is -2.11. The third kappa shape index (κ3) is 4.43. The standard InChI is InChI=1S/C16H19FN2O2/c1-2-15(16-8-3-12(17)11-18-16)19-13-4-6-14(7-5-13)21-10-9-20/h3-8,11,15,19-20H,2,9-10H2,1H3. The summed E-state index contributed by atoms with van der Waals surface area (Å²) in [4.78, 5) is 4.11. The van der Waals surface area contributed by atoms with E-state index in [0.717, 1.165) is 17.8 Å². The van der Waals surface area contributed by atoms with Gasteiger partial charge in [0.15, 0.2) is 0 Å². The smallest absolute Gasteiger partial charge is 0.141 e. The van der Waals surface area contributed by atoms with Gasteiger partial charge in [0.25, 0.3) is 0 Å². The van der Waals surface area contributed by atoms with Crippen LogP contribution < -0.4 is 10.1 Å². The molecule has 0 radical (unpaired) electrons. The Bertz CT molecular complexity index is 543. The van der Waals surface area contributed by atoms with Gasteiger partial charge in [0.1, 0.15) is 18.2 Å². The number of nitrogens with zero attached hydrogens (tertiary/aromatic N) is 1. The molecule has 1 aromatic carbocycles. The zero-order valence-corrected chi connectivity index (χ0v) is 11.9. The van der Waals surface area contributed by atoms with Gasteiger partial charge in [-0.05, 0) is 42.8 Å². The van der Waals surface area contributed by atoms with E-state index >= 15 is 0 Å². The van der Waals surface area contributed by atoms with Crippen LogP contribution >= 0.6 is 0 Å². The summed E-state index contributed by atoms with van der Waals surface area (Å²) in [5.41, 5.74) is 1.74. The van der Waals surface area contributed by atoms with Crippen LogP contribution in [0, 0.1) is 5.82 Å². The molecule has 21 heavy (non-hydrogen) atoms. The van der Waals surface area contributed by atoms with Crippen LogP contribution in [0.2, 0.25) is 0 Å². The molecule has 112 valence electrons. The highest BCUT2D eigenvalue weighted by atomic mass is 19.1. The molecule has 1 heterocycles. The van der Waals surface area contributed by atoms with Crippen LogP contribution in [0.5, 0.6) is 5.75 Å². The number of nitrogens with one attached hydrogen (secondary N) is 1. The quantitative estimate of drug-likeness (QED) is 0.822. The van der Waals surface area contributed by atoms with Gasteiger partial charge < -0.3 is 15.2 Å². The normalized spacial score (nSPS) is 12.0. The molecular formula is C16H19FN2O2. The molecule has 0 saturated carbocycles. The van der Waals surface area contributed by atoms with Gasteiger partial charge in [-0.1, -0.05) is 6.92 Å². The Kier molecular flexibility index (Phi) is 5.51. The minimum Gasteiger partial charge on any atom is -0.491 e. The van der Waals surface area contributed by atoms with Crippen molar-refractivity contribution in [1.29, 1.82) is 0 Å². The second-order valence-electron chi connectivity index (χ2n) is 4.60. The average Bonchev–Trinajstić information content (AvgIpc) is 2.53. The fourth-order valence-electron chi connectivity index (χ4n) is 1.99. The second kappa shape index (κ2) is 7.59. The molecule has 2 aromatic rings. The van der Waals surface area contributed by atoms with Gasteiger partial charge in [-0.15, -0.1) is 0 Å². The van der Waals surface area contributed by atoms with Crippen LogP contribution in [0.3, 0.4) is 0 Å². The Morgan fingerprint density at radius 2 is 2.00 bits per heavy atom. The molecule has 2 N–H and O–H groups in total. The maximum atomic E-state index is 12.9. The zero-order valence-electron chi connectivity index (χ0n) is 11.9. The number of benzene rings is 1. The van der Waals surface area contributed by atoms with Gasteiger partial charge in [-0.3, -0.25) is 4.98 Å². The zero-order chi connectivity index (χ0) is 15.1. The molecule has 4 nitrogen and oxygen atoms in total. The molecule has 5 heteroatoms.